The van der Waals surface area contributed by atoms with E-state index < -0.39 is 20.7 Å². The van der Waals surface area contributed by atoms with Crippen molar-refractivity contribution in [3.8, 4) is 11.5 Å². The van der Waals surface area contributed by atoms with Crippen LogP contribution in [-0.4, -0.2) is 29.2 Å². The second-order valence-corrected chi connectivity index (χ2v) is 5.63. The van der Waals surface area contributed by atoms with Crippen molar-refractivity contribution in [1.82, 2.24) is 4.72 Å². The summed E-state index contributed by atoms with van der Waals surface area (Å²) in [5.41, 5.74) is 0. The highest BCUT2D eigenvalue weighted by Gasteiger charge is 2.22. The van der Waals surface area contributed by atoms with E-state index in [0.29, 0.717) is 6.42 Å². The van der Waals surface area contributed by atoms with Gasteiger partial charge in [-0.3, -0.25) is 0 Å². The van der Waals surface area contributed by atoms with Gasteiger partial charge in [-0.25, -0.2) is 17.5 Å². The van der Waals surface area contributed by atoms with Gasteiger partial charge < -0.3 is 9.47 Å². The molecule has 0 amide bonds. The van der Waals surface area contributed by atoms with E-state index in [9.17, 15) is 12.8 Å². The molecule has 112 valence electrons. The molecule has 7 heteroatoms. The molecule has 1 aromatic rings. The molecule has 0 aromatic heterocycles. The molecular weight excluding hydrogens is 285 g/mol. The van der Waals surface area contributed by atoms with E-state index in [4.69, 9.17) is 9.47 Å². The lowest BCUT2D eigenvalue weighted by Gasteiger charge is -2.11. The Hall–Kier alpha value is -1.60. The van der Waals surface area contributed by atoms with Crippen molar-refractivity contribution in [2.45, 2.75) is 18.2 Å². The Morgan fingerprint density at radius 2 is 1.85 bits per heavy atom. The summed E-state index contributed by atoms with van der Waals surface area (Å²) in [7, 11) is -1.22. The third-order valence-corrected chi connectivity index (χ3v) is 4.04. The van der Waals surface area contributed by atoms with E-state index in [-0.39, 0.29) is 18.0 Å². The summed E-state index contributed by atoms with van der Waals surface area (Å²) in [6.45, 7) is 2.03. The Morgan fingerprint density at radius 1 is 1.25 bits per heavy atom. The Bertz CT molecular complexity index is 584. The number of rotatable bonds is 7. The first-order chi connectivity index (χ1) is 9.46. The van der Waals surface area contributed by atoms with Crippen molar-refractivity contribution in [1.29, 1.82) is 0 Å². The quantitative estimate of drug-likeness (QED) is 0.619. The number of sulfonamides is 1. The maximum atomic E-state index is 13.9. The summed E-state index contributed by atoms with van der Waals surface area (Å²) in [6.07, 6.45) is 4.16. The summed E-state index contributed by atoms with van der Waals surface area (Å²) >= 11 is 0. The van der Waals surface area contributed by atoms with Crippen LogP contribution in [0.3, 0.4) is 0 Å². The number of allylic oxidation sites excluding steroid dienone is 1. The lowest BCUT2D eigenvalue weighted by molar-refractivity contribution is 0.350. The van der Waals surface area contributed by atoms with Gasteiger partial charge >= 0.3 is 0 Å². The molecule has 0 unspecified atom stereocenters. The number of ether oxygens (including phenoxy) is 2. The monoisotopic (exact) mass is 303 g/mol. The zero-order valence-corrected chi connectivity index (χ0v) is 12.5. The molecule has 0 atom stereocenters. The van der Waals surface area contributed by atoms with Crippen LogP contribution in [0, 0.1) is 5.82 Å². The van der Waals surface area contributed by atoms with Crippen molar-refractivity contribution in [2.75, 3.05) is 20.8 Å². The highest BCUT2D eigenvalue weighted by Crippen LogP contribution is 2.31. The molecule has 0 bridgehead atoms. The third kappa shape index (κ3) is 3.94. The zero-order valence-electron chi connectivity index (χ0n) is 11.6. The first-order valence-corrected chi connectivity index (χ1v) is 7.47. The first kappa shape index (κ1) is 16.5. The molecule has 0 aliphatic heterocycles. The van der Waals surface area contributed by atoms with Gasteiger partial charge in [0.1, 0.15) is 10.7 Å². The van der Waals surface area contributed by atoms with Crippen LogP contribution in [0.15, 0.2) is 29.2 Å². The topological polar surface area (TPSA) is 64.6 Å². The van der Waals surface area contributed by atoms with Crippen LogP contribution in [0.1, 0.15) is 13.3 Å². The van der Waals surface area contributed by atoms with Crippen LogP contribution >= 0.6 is 0 Å². The number of hydrogen-bond acceptors (Lipinski definition) is 4. The fraction of sp³-hybridized carbons (Fsp3) is 0.385. The minimum Gasteiger partial charge on any atom is -0.493 e. The van der Waals surface area contributed by atoms with Gasteiger partial charge in [0, 0.05) is 18.7 Å². The standard InChI is InChI=1S/C13H18FNO4S/c1-4-5-6-7-15-20(16,17)13-9-12(19-3)11(18-2)8-10(13)14/h4-5,8-9,15H,6-7H2,1-3H3/b5-4+. The van der Waals surface area contributed by atoms with Gasteiger partial charge in [0.25, 0.3) is 0 Å². The van der Waals surface area contributed by atoms with Crippen LogP contribution in [0.5, 0.6) is 11.5 Å². The average Bonchev–Trinajstić information content (AvgIpc) is 2.43. The van der Waals surface area contributed by atoms with E-state index in [2.05, 4.69) is 4.72 Å². The second kappa shape index (κ2) is 7.25. The summed E-state index contributed by atoms with van der Waals surface area (Å²) in [6, 6.07) is 2.09. The number of hydrogen-bond donors (Lipinski definition) is 1. The molecule has 0 spiro atoms. The van der Waals surface area contributed by atoms with Crippen LogP contribution in [0.4, 0.5) is 4.39 Å². The van der Waals surface area contributed by atoms with Gasteiger partial charge in [0.15, 0.2) is 11.5 Å². The molecule has 5 nitrogen and oxygen atoms in total. The number of nitrogens with one attached hydrogen (secondary N) is 1. The number of benzene rings is 1. The molecule has 0 aliphatic rings. The van der Waals surface area contributed by atoms with Crippen molar-refractivity contribution < 1.29 is 22.3 Å². The van der Waals surface area contributed by atoms with Crippen molar-refractivity contribution in [3.05, 3.63) is 30.1 Å². The molecule has 0 radical (unpaired) electrons. The molecule has 0 saturated carbocycles. The lowest BCUT2D eigenvalue weighted by atomic mass is 10.3. The molecule has 0 aliphatic carbocycles. The summed E-state index contributed by atoms with van der Waals surface area (Å²) in [4.78, 5) is -0.462. The van der Waals surface area contributed by atoms with Crippen LogP contribution < -0.4 is 14.2 Å². The normalized spacial score (nSPS) is 11.8. The highest BCUT2D eigenvalue weighted by atomic mass is 32.2. The highest BCUT2D eigenvalue weighted by molar-refractivity contribution is 7.89. The predicted molar refractivity (Wildman–Crippen MR) is 74.1 cm³/mol. The van der Waals surface area contributed by atoms with Gasteiger partial charge in [-0.05, 0) is 13.3 Å². The largest absolute Gasteiger partial charge is 0.493 e. The van der Waals surface area contributed by atoms with Crippen molar-refractivity contribution in [2.24, 2.45) is 0 Å². The Morgan fingerprint density at radius 3 is 2.40 bits per heavy atom. The molecule has 0 fully saturated rings. The summed E-state index contributed by atoms with van der Waals surface area (Å²) < 4.78 is 50.1. The average molecular weight is 303 g/mol. The van der Waals surface area contributed by atoms with E-state index in [0.717, 1.165) is 12.1 Å². The predicted octanol–water partition coefficient (Wildman–Crippen LogP) is 2.09. The van der Waals surface area contributed by atoms with Crippen LogP contribution in [0.2, 0.25) is 0 Å². The van der Waals surface area contributed by atoms with Gasteiger partial charge in [-0.15, -0.1) is 0 Å². The molecule has 1 rings (SSSR count). The molecule has 0 saturated heterocycles. The van der Waals surface area contributed by atoms with Crippen LogP contribution in [0.25, 0.3) is 0 Å². The fourth-order valence-electron chi connectivity index (χ4n) is 1.56. The molecular formula is C13H18FNO4S. The van der Waals surface area contributed by atoms with E-state index >= 15 is 0 Å². The first-order valence-electron chi connectivity index (χ1n) is 5.98. The van der Waals surface area contributed by atoms with E-state index in [1.807, 2.05) is 19.1 Å². The third-order valence-electron chi connectivity index (χ3n) is 2.57. The summed E-state index contributed by atoms with van der Waals surface area (Å²) in [5, 5.41) is 0. The number of methoxy groups -OCH3 is 2. The van der Waals surface area contributed by atoms with E-state index in [1.54, 1.807) is 0 Å². The zero-order chi connectivity index (χ0) is 15.2. The second-order valence-electron chi connectivity index (χ2n) is 3.89. The summed E-state index contributed by atoms with van der Waals surface area (Å²) in [5.74, 6) is -0.596. The van der Waals surface area contributed by atoms with Crippen molar-refractivity contribution >= 4 is 10.0 Å². The molecule has 20 heavy (non-hydrogen) atoms. The number of halogens is 1. The molecule has 1 N–H and O–H groups in total. The SMILES string of the molecule is C/C=C/CCNS(=O)(=O)c1cc(OC)c(OC)cc1F. The van der Waals surface area contributed by atoms with Crippen molar-refractivity contribution in [3.63, 3.8) is 0 Å². The van der Waals surface area contributed by atoms with Gasteiger partial charge in [-0.1, -0.05) is 12.2 Å². The maximum absolute atomic E-state index is 13.9. The minimum absolute atomic E-state index is 0.137. The van der Waals surface area contributed by atoms with Crippen LogP contribution in [-0.2, 0) is 10.0 Å². The molecule has 0 heterocycles. The Kier molecular flexibility index (Phi) is 5.97. The lowest BCUT2D eigenvalue weighted by Crippen LogP contribution is -2.25. The van der Waals surface area contributed by atoms with E-state index in [1.165, 1.54) is 14.2 Å². The Balaban J connectivity index is 3.05. The van der Waals surface area contributed by atoms with Gasteiger partial charge in [0.2, 0.25) is 10.0 Å². The molecule has 1 aromatic carbocycles. The minimum atomic E-state index is -3.92. The fourth-order valence-corrected chi connectivity index (χ4v) is 2.68. The Labute approximate surface area is 118 Å². The maximum Gasteiger partial charge on any atom is 0.243 e. The van der Waals surface area contributed by atoms with Gasteiger partial charge in [-0.2, -0.15) is 0 Å². The smallest absolute Gasteiger partial charge is 0.243 e. The van der Waals surface area contributed by atoms with Gasteiger partial charge in [0.05, 0.1) is 14.2 Å².